The van der Waals surface area contributed by atoms with Crippen molar-refractivity contribution in [3.8, 4) is 0 Å². The van der Waals surface area contributed by atoms with Crippen LogP contribution in [-0.2, 0) is 12.8 Å². The number of halogens is 2. The molecule has 2 aromatic carbocycles. The maximum Gasteiger partial charge on any atom is 0.263 e. The first-order chi connectivity index (χ1) is 17.3. The molecular formula is C29H37F2N5. The normalized spacial score (nSPS) is 17.3. The zero-order valence-electron chi connectivity index (χ0n) is 22.0. The molecule has 1 aromatic heterocycles. The van der Waals surface area contributed by atoms with Crippen LogP contribution < -0.4 is 15.5 Å². The first-order valence-corrected chi connectivity index (χ1v) is 13.2. The third-order valence-corrected chi connectivity index (χ3v) is 8.18. The second-order valence-corrected chi connectivity index (χ2v) is 10.6. The Balaban J connectivity index is 1.57. The van der Waals surface area contributed by atoms with E-state index in [0.717, 1.165) is 48.2 Å². The minimum absolute atomic E-state index is 0.0140. The predicted octanol–water partition coefficient (Wildman–Crippen LogP) is 7.21. The summed E-state index contributed by atoms with van der Waals surface area (Å²) in [7, 11) is 1.75. The lowest BCUT2D eigenvalue weighted by molar-refractivity contribution is 0.0903. The van der Waals surface area contributed by atoms with Crippen LogP contribution in [0, 0.1) is 12.3 Å². The topological polar surface area (TPSA) is 53.1 Å². The number of alkyl halides is 2. The molecule has 3 aromatic rings. The SMILES string of the molecule is CCc1c(N2CC3(CCC3)C2)cc2c(N[C@H](C)c3cc(NC)cc(C(F)F)c3)nc(C)nc2c1CC. The lowest BCUT2D eigenvalue weighted by atomic mass is 9.63. The Bertz CT molecular complexity index is 1280. The molecule has 0 bridgehead atoms. The summed E-state index contributed by atoms with van der Waals surface area (Å²) >= 11 is 0. The summed E-state index contributed by atoms with van der Waals surface area (Å²) in [4.78, 5) is 12.2. The van der Waals surface area contributed by atoms with Crippen molar-refractivity contribution in [2.45, 2.75) is 72.3 Å². The lowest BCUT2D eigenvalue weighted by Crippen LogP contribution is -2.60. The molecule has 2 N–H and O–H groups in total. The largest absolute Gasteiger partial charge is 0.388 e. The molecule has 0 unspecified atom stereocenters. The molecule has 7 heteroatoms. The molecule has 1 atom stereocenters. The van der Waals surface area contributed by atoms with Gasteiger partial charge in [0.2, 0.25) is 0 Å². The number of nitrogens with one attached hydrogen (secondary N) is 2. The van der Waals surface area contributed by atoms with Crippen LogP contribution in [-0.4, -0.2) is 30.1 Å². The van der Waals surface area contributed by atoms with E-state index in [9.17, 15) is 8.78 Å². The summed E-state index contributed by atoms with van der Waals surface area (Å²) in [6.07, 6.45) is 3.39. The van der Waals surface area contributed by atoms with Crippen LogP contribution in [0.25, 0.3) is 10.9 Å². The van der Waals surface area contributed by atoms with E-state index in [1.165, 1.54) is 42.1 Å². The highest BCUT2D eigenvalue weighted by Crippen LogP contribution is 2.51. The second kappa shape index (κ2) is 9.49. The van der Waals surface area contributed by atoms with Crippen LogP contribution >= 0.6 is 0 Å². The third kappa shape index (κ3) is 4.27. The quantitative estimate of drug-likeness (QED) is 0.347. The predicted molar refractivity (Wildman–Crippen MR) is 145 cm³/mol. The number of hydrogen-bond donors (Lipinski definition) is 2. The zero-order chi connectivity index (χ0) is 25.6. The summed E-state index contributed by atoms with van der Waals surface area (Å²) in [6, 6.07) is 7.04. The molecule has 2 fully saturated rings. The minimum Gasteiger partial charge on any atom is -0.388 e. The van der Waals surface area contributed by atoms with Crippen LogP contribution in [0.1, 0.15) is 80.6 Å². The minimum atomic E-state index is -2.52. The molecule has 1 aliphatic heterocycles. The summed E-state index contributed by atoms with van der Waals surface area (Å²) in [6.45, 7) is 10.6. The standard InChI is InChI=1S/C29H37F2N5/c1-6-22-23(7-2)26-24(14-25(22)36-15-29(16-36)9-8-10-29)28(35-18(4)34-26)33-17(3)19-11-20(27(30)31)13-21(12-19)32-5/h11-14,17,27,32H,6-10,15-16H2,1-5H3,(H,33,34,35)/t17-/m1/s1. The van der Waals surface area contributed by atoms with Gasteiger partial charge in [0.1, 0.15) is 11.6 Å². The van der Waals surface area contributed by atoms with E-state index >= 15 is 0 Å². The Morgan fingerprint density at radius 3 is 2.28 bits per heavy atom. The van der Waals surface area contributed by atoms with Gasteiger partial charge in [-0.15, -0.1) is 0 Å². The number of fused-ring (bicyclic) bond motifs is 1. The van der Waals surface area contributed by atoms with Crippen LogP contribution in [0.4, 0.5) is 26.0 Å². The summed E-state index contributed by atoms with van der Waals surface area (Å²) < 4.78 is 27.1. The highest BCUT2D eigenvalue weighted by Gasteiger charge is 2.47. The molecule has 1 spiro atoms. The van der Waals surface area contributed by atoms with Crippen LogP contribution in [0.2, 0.25) is 0 Å². The van der Waals surface area contributed by atoms with Gasteiger partial charge in [0, 0.05) is 47.9 Å². The highest BCUT2D eigenvalue weighted by atomic mass is 19.3. The van der Waals surface area contributed by atoms with E-state index in [0.29, 0.717) is 16.9 Å². The van der Waals surface area contributed by atoms with Gasteiger partial charge >= 0.3 is 0 Å². The monoisotopic (exact) mass is 493 g/mol. The lowest BCUT2D eigenvalue weighted by Gasteiger charge is -2.57. The summed E-state index contributed by atoms with van der Waals surface area (Å²) in [5, 5.41) is 7.56. The third-order valence-electron chi connectivity index (χ3n) is 8.18. The smallest absolute Gasteiger partial charge is 0.263 e. The van der Waals surface area contributed by atoms with Crippen molar-refractivity contribution >= 4 is 28.1 Å². The molecule has 36 heavy (non-hydrogen) atoms. The zero-order valence-corrected chi connectivity index (χ0v) is 22.0. The summed E-state index contributed by atoms with van der Waals surface area (Å²) in [5.41, 5.74) is 6.99. The van der Waals surface area contributed by atoms with Gasteiger partial charge < -0.3 is 15.5 Å². The number of hydrogen-bond acceptors (Lipinski definition) is 5. The number of rotatable bonds is 8. The van der Waals surface area contributed by atoms with Gasteiger partial charge in [0.05, 0.1) is 11.6 Å². The Kier molecular flexibility index (Phi) is 6.52. The number of nitrogens with zero attached hydrogens (tertiary/aromatic N) is 3. The number of benzene rings is 2. The Hall–Kier alpha value is -2.96. The Morgan fingerprint density at radius 2 is 1.69 bits per heavy atom. The molecule has 1 aliphatic carbocycles. The van der Waals surface area contributed by atoms with Crippen LogP contribution in [0.5, 0.6) is 0 Å². The molecule has 5 rings (SSSR count). The van der Waals surface area contributed by atoms with Crippen molar-refractivity contribution in [1.82, 2.24) is 9.97 Å². The number of aromatic nitrogens is 2. The average molecular weight is 494 g/mol. The van der Waals surface area contributed by atoms with Crippen molar-refractivity contribution in [2.24, 2.45) is 5.41 Å². The molecule has 1 saturated heterocycles. The second-order valence-electron chi connectivity index (χ2n) is 10.6. The fourth-order valence-electron chi connectivity index (χ4n) is 6.05. The van der Waals surface area contributed by atoms with Gasteiger partial charge in [0.15, 0.2) is 0 Å². The van der Waals surface area contributed by atoms with Crippen LogP contribution in [0.15, 0.2) is 24.3 Å². The van der Waals surface area contributed by atoms with Gasteiger partial charge in [-0.3, -0.25) is 0 Å². The van der Waals surface area contributed by atoms with E-state index in [1.807, 2.05) is 19.9 Å². The van der Waals surface area contributed by atoms with Crippen molar-refractivity contribution in [3.05, 3.63) is 52.3 Å². The van der Waals surface area contributed by atoms with E-state index in [1.54, 1.807) is 13.1 Å². The first-order valence-electron chi connectivity index (χ1n) is 13.2. The van der Waals surface area contributed by atoms with Gasteiger partial charge in [-0.25, -0.2) is 18.7 Å². The molecule has 0 radical (unpaired) electrons. The first kappa shape index (κ1) is 24.7. The van der Waals surface area contributed by atoms with Crippen molar-refractivity contribution < 1.29 is 8.78 Å². The molecule has 192 valence electrons. The van der Waals surface area contributed by atoms with Crippen LogP contribution in [0.3, 0.4) is 0 Å². The van der Waals surface area contributed by atoms with Crippen molar-refractivity contribution in [2.75, 3.05) is 35.7 Å². The highest BCUT2D eigenvalue weighted by molar-refractivity contribution is 5.96. The number of aryl methyl sites for hydroxylation is 2. The molecule has 2 aliphatic rings. The van der Waals surface area contributed by atoms with Crippen molar-refractivity contribution in [3.63, 3.8) is 0 Å². The molecule has 2 heterocycles. The molecule has 5 nitrogen and oxygen atoms in total. The summed E-state index contributed by atoms with van der Waals surface area (Å²) in [5.74, 6) is 1.47. The fraction of sp³-hybridized carbons (Fsp3) is 0.517. The van der Waals surface area contributed by atoms with Gasteiger partial charge in [-0.2, -0.15) is 0 Å². The number of anilines is 3. The van der Waals surface area contributed by atoms with Crippen molar-refractivity contribution in [1.29, 1.82) is 0 Å². The molecule has 0 amide bonds. The Labute approximate surface area is 212 Å². The maximum atomic E-state index is 13.5. The van der Waals surface area contributed by atoms with E-state index in [-0.39, 0.29) is 11.6 Å². The Morgan fingerprint density at radius 1 is 1.00 bits per heavy atom. The maximum absolute atomic E-state index is 13.5. The van der Waals surface area contributed by atoms with E-state index < -0.39 is 6.43 Å². The molecule has 1 saturated carbocycles. The van der Waals surface area contributed by atoms with Gasteiger partial charge in [0.25, 0.3) is 6.43 Å². The van der Waals surface area contributed by atoms with E-state index in [2.05, 4.69) is 35.4 Å². The average Bonchev–Trinajstić information content (AvgIpc) is 2.81. The van der Waals surface area contributed by atoms with Gasteiger partial charge in [-0.05, 0) is 80.5 Å². The fourth-order valence-corrected chi connectivity index (χ4v) is 6.05. The molecular weight excluding hydrogens is 456 g/mol. The van der Waals surface area contributed by atoms with E-state index in [4.69, 9.17) is 9.97 Å². The van der Waals surface area contributed by atoms with Gasteiger partial charge in [-0.1, -0.05) is 20.3 Å².